The van der Waals surface area contributed by atoms with Crippen molar-refractivity contribution in [2.75, 3.05) is 24.9 Å². The van der Waals surface area contributed by atoms with Crippen molar-refractivity contribution < 1.29 is 27.5 Å². The van der Waals surface area contributed by atoms with Crippen LogP contribution in [-0.4, -0.2) is 46.3 Å². The number of esters is 1. The van der Waals surface area contributed by atoms with E-state index in [4.69, 9.17) is 4.74 Å². The molecule has 28 heavy (non-hydrogen) atoms. The van der Waals surface area contributed by atoms with E-state index in [2.05, 4.69) is 4.74 Å². The third-order valence-electron chi connectivity index (χ3n) is 3.94. The van der Waals surface area contributed by atoms with Gasteiger partial charge in [-0.15, -0.1) is 0 Å². The molecule has 0 fully saturated rings. The minimum atomic E-state index is -3.32. The van der Waals surface area contributed by atoms with Crippen LogP contribution in [0, 0.1) is 0 Å². The molecule has 2 aromatic carbocycles. The molecule has 0 N–H and O–H groups in total. The summed E-state index contributed by atoms with van der Waals surface area (Å²) in [5, 5.41) is 0. The van der Waals surface area contributed by atoms with Gasteiger partial charge in [-0.2, -0.15) is 0 Å². The Morgan fingerprint density at radius 1 is 1.07 bits per heavy atom. The van der Waals surface area contributed by atoms with Crippen molar-refractivity contribution in [1.29, 1.82) is 0 Å². The predicted molar refractivity (Wildman–Crippen MR) is 105 cm³/mol. The largest absolute Gasteiger partial charge is 0.482 e. The topological polar surface area (TPSA) is 90.0 Å². The van der Waals surface area contributed by atoms with Crippen LogP contribution in [0.2, 0.25) is 0 Å². The zero-order valence-electron chi connectivity index (χ0n) is 16.2. The maximum Gasteiger partial charge on any atom is 0.343 e. The Morgan fingerprint density at radius 3 is 2.25 bits per heavy atom. The zero-order chi connectivity index (χ0) is 20.9. The van der Waals surface area contributed by atoms with Crippen molar-refractivity contribution >= 4 is 27.4 Å². The Bertz CT molecular complexity index is 951. The molecule has 0 saturated heterocycles. The maximum absolute atomic E-state index is 13.1. The van der Waals surface area contributed by atoms with Gasteiger partial charge in [0.05, 0.1) is 12.0 Å². The number of ether oxygens (including phenoxy) is 2. The monoisotopic (exact) mass is 405 g/mol. The molecule has 2 rings (SSSR count). The fraction of sp³-hybridized carbons (Fsp3) is 0.300. The van der Waals surface area contributed by atoms with Crippen LogP contribution in [0.5, 0.6) is 5.75 Å². The first-order valence-electron chi connectivity index (χ1n) is 8.57. The normalized spacial score (nSPS) is 11.2. The molecule has 0 saturated carbocycles. The number of hydrogen-bond acceptors (Lipinski definition) is 6. The van der Waals surface area contributed by atoms with Gasteiger partial charge in [-0.25, -0.2) is 13.2 Å². The van der Waals surface area contributed by atoms with Crippen molar-refractivity contribution in [3.05, 3.63) is 54.1 Å². The van der Waals surface area contributed by atoms with Gasteiger partial charge in [-0.1, -0.05) is 6.07 Å². The molecule has 0 bridgehead atoms. The molecular weight excluding hydrogens is 382 g/mol. The van der Waals surface area contributed by atoms with Crippen LogP contribution in [0.4, 0.5) is 5.69 Å². The minimum Gasteiger partial charge on any atom is -0.482 e. The first-order chi connectivity index (χ1) is 13.1. The van der Waals surface area contributed by atoms with Crippen LogP contribution in [0.15, 0.2) is 53.4 Å². The number of amides is 1. The number of anilines is 1. The highest BCUT2D eigenvalue weighted by Crippen LogP contribution is 2.24. The van der Waals surface area contributed by atoms with Crippen LogP contribution in [0.3, 0.4) is 0 Å². The number of carbonyl (C=O) groups excluding carboxylic acids is 2. The molecule has 0 spiro atoms. The average Bonchev–Trinajstić information content (AvgIpc) is 2.65. The molecule has 1 amide bonds. The molecular formula is C20H23NO6S. The number of rotatable bonds is 7. The zero-order valence-corrected chi connectivity index (χ0v) is 17.0. The fourth-order valence-electron chi connectivity index (χ4n) is 2.56. The van der Waals surface area contributed by atoms with Crippen molar-refractivity contribution in [2.24, 2.45) is 0 Å². The van der Waals surface area contributed by atoms with E-state index in [1.165, 1.54) is 19.2 Å². The highest BCUT2D eigenvalue weighted by atomic mass is 32.2. The summed E-state index contributed by atoms with van der Waals surface area (Å²) in [6, 6.07) is 12.5. The van der Waals surface area contributed by atoms with Gasteiger partial charge in [0.15, 0.2) is 16.4 Å². The fourth-order valence-corrected chi connectivity index (χ4v) is 3.19. The van der Waals surface area contributed by atoms with E-state index in [0.29, 0.717) is 17.0 Å². The standard InChI is InChI=1S/C20H23NO6S/c1-14(2)21(16-8-10-18(11-9-16)28(4,24)25)20(23)15-6-5-7-17(12-15)27-13-19(22)26-3/h5-12,14H,13H2,1-4H3. The quantitative estimate of drug-likeness (QED) is 0.658. The summed E-state index contributed by atoms with van der Waals surface area (Å²) in [6.07, 6.45) is 1.13. The van der Waals surface area contributed by atoms with Crippen LogP contribution in [-0.2, 0) is 19.4 Å². The first-order valence-corrected chi connectivity index (χ1v) is 10.5. The molecule has 0 aliphatic heterocycles. The summed E-state index contributed by atoms with van der Waals surface area (Å²) in [6.45, 7) is 3.47. The lowest BCUT2D eigenvalue weighted by atomic mass is 10.1. The third-order valence-corrected chi connectivity index (χ3v) is 5.07. The van der Waals surface area contributed by atoms with Gasteiger partial charge in [0.2, 0.25) is 0 Å². The number of hydrogen-bond donors (Lipinski definition) is 0. The Labute approximate surface area is 164 Å². The summed E-state index contributed by atoms with van der Waals surface area (Å²) in [5.41, 5.74) is 0.955. The summed E-state index contributed by atoms with van der Waals surface area (Å²) < 4.78 is 33.2. The molecule has 0 aliphatic carbocycles. The van der Waals surface area contributed by atoms with Crippen LogP contribution in [0.25, 0.3) is 0 Å². The third kappa shape index (κ3) is 5.32. The average molecular weight is 405 g/mol. The van der Waals surface area contributed by atoms with Crippen molar-refractivity contribution in [1.82, 2.24) is 0 Å². The summed E-state index contributed by atoms with van der Waals surface area (Å²) in [5.74, 6) is -0.426. The van der Waals surface area contributed by atoms with Gasteiger partial charge < -0.3 is 14.4 Å². The lowest BCUT2D eigenvalue weighted by molar-refractivity contribution is -0.142. The van der Waals surface area contributed by atoms with Crippen molar-refractivity contribution in [3.8, 4) is 5.75 Å². The molecule has 2 aromatic rings. The van der Waals surface area contributed by atoms with E-state index >= 15 is 0 Å². The maximum atomic E-state index is 13.1. The van der Waals surface area contributed by atoms with Gasteiger partial charge in [0.25, 0.3) is 5.91 Å². The SMILES string of the molecule is COC(=O)COc1cccc(C(=O)N(c2ccc(S(C)(=O)=O)cc2)C(C)C)c1. The summed E-state index contributed by atoms with van der Waals surface area (Å²) in [7, 11) is -2.05. The molecule has 150 valence electrons. The molecule has 7 nitrogen and oxygen atoms in total. The van der Waals surface area contributed by atoms with Crippen LogP contribution >= 0.6 is 0 Å². The number of sulfone groups is 1. The number of methoxy groups -OCH3 is 1. The summed E-state index contributed by atoms with van der Waals surface area (Å²) >= 11 is 0. The van der Waals surface area contributed by atoms with E-state index in [-0.39, 0.29) is 23.5 Å². The number of carbonyl (C=O) groups is 2. The molecule has 0 heterocycles. The number of nitrogens with zero attached hydrogens (tertiary/aromatic N) is 1. The number of benzene rings is 2. The minimum absolute atomic E-state index is 0.170. The Hall–Kier alpha value is -2.87. The van der Waals surface area contributed by atoms with Gasteiger partial charge in [-0.05, 0) is 56.3 Å². The molecule has 0 aliphatic rings. The smallest absolute Gasteiger partial charge is 0.343 e. The lowest BCUT2D eigenvalue weighted by Gasteiger charge is -2.27. The highest BCUT2D eigenvalue weighted by Gasteiger charge is 2.22. The van der Waals surface area contributed by atoms with E-state index < -0.39 is 15.8 Å². The second kappa shape index (κ2) is 8.88. The Kier molecular flexibility index (Phi) is 6.80. The molecule has 0 aromatic heterocycles. The predicted octanol–water partition coefficient (Wildman–Crippen LogP) is 2.70. The van der Waals surface area contributed by atoms with E-state index in [9.17, 15) is 18.0 Å². The van der Waals surface area contributed by atoms with Crippen molar-refractivity contribution in [2.45, 2.75) is 24.8 Å². The first kappa shape index (κ1) is 21.4. The van der Waals surface area contributed by atoms with E-state index in [1.54, 1.807) is 41.3 Å². The summed E-state index contributed by atoms with van der Waals surface area (Å²) in [4.78, 5) is 26.0. The van der Waals surface area contributed by atoms with Crippen molar-refractivity contribution in [3.63, 3.8) is 0 Å². The Balaban J connectivity index is 2.29. The van der Waals surface area contributed by atoms with Crippen LogP contribution < -0.4 is 9.64 Å². The molecule has 0 atom stereocenters. The van der Waals surface area contributed by atoms with Gasteiger partial charge in [0.1, 0.15) is 5.75 Å². The van der Waals surface area contributed by atoms with E-state index in [1.807, 2.05) is 13.8 Å². The second-order valence-corrected chi connectivity index (χ2v) is 8.44. The molecule has 0 radical (unpaired) electrons. The highest BCUT2D eigenvalue weighted by molar-refractivity contribution is 7.90. The second-order valence-electron chi connectivity index (χ2n) is 6.43. The lowest BCUT2D eigenvalue weighted by Crippen LogP contribution is -2.37. The van der Waals surface area contributed by atoms with Gasteiger partial charge >= 0.3 is 5.97 Å². The Morgan fingerprint density at radius 2 is 1.71 bits per heavy atom. The van der Waals surface area contributed by atoms with E-state index in [0.717, 1.165) is 6.26 Å². The van der Waals surface area contributed by atoms with Gasteiger partial charge in [-0.3, -0.25) is 4.79 Å². The van der Waals surface area contributed by atoms with Gasteiger partial charge in [0, 0.05) is 23.5 Å². The molecule has 0 unspecified atom stereocenters. The van der Waals surface area contributed by atoms with Crippen LogP contribution in [0.1, 0.15) is 24.2 Å². The molecule has 8 heteroatoms.